The number of hydrogen-bond donors (Lipinski definition) is 1. The maximum Gasteiger partial charge on any atom is 0.213 e. The van der Waals surface area contributed by atoms with Gasteiger partial charge in [-0.3, -0.25) is 0 Å². The molecule has 140 valence electrons. The minimum absolute atomic E-state index is 0.127. The quantitative estimate of drug-likeness (QED) is 0.543. The van der Waals surface area contributed by atoms with E-state index < -0.39 is 0 Å². The molecule has 0 bridgehead atoms. The highest BCUT2D eigenvalue weighted by Crippen LogP contribution is 2.37. The number of aromatic nitrogens is 1. The fraction of sp³-hybridized carbons (Fsp3) is 0.125. The lowest BCUT2D eigenvalue weighted by molar-refractivity contribution is -0.672. The highest BCUT2D eigenvalue weighted by Gasteiger charge is 2.21. The van der Waals surface area contributed by atoms with Gasteiger partial charge in [0, 0.05) is 19.2 Å². The maximum absolute atomic E-state index is 9.25. The van der Waals surface area contributed by atoms with Crippen molar-refractivity contribution >= 4 is 22.7 Å². The van der Waals surface area contributed by atoms with Gasteiger partial charge in [-0.05, 0) is 29.8 Å². The Balaban J connectivity index is 1.51. The zero-order valence-corrected chi connectivity index (χ0v) is 15.8. The summed E-state index contributed by atoms with van der Waals surface area (Å²) in [6.45, 7) is 0.718. The first-order valence-electron chi connectivity index (χ1n) is 9.35. The Morgan fingerprint density at radius 2 is 1.82 bits per heavy atom. The molecule has 0 radical (unpaired) electrons. The molecule has 0 fully saturated rings. The number of allylic oxidation sites excluding steroid dienone is 4. The van der Waals surface area contributed by atoms with Crippen LogP contribution < -0.4 is 14.2 Å². The third-order valence-electron chi connectivity index (χ3n) is 4.81. The van der Waals surface area contributed by atoms with Crippen LogP contribution in [0.5, 0.6) is 5.75 Å². The van der Waals surface area contributed by atoms with Crippen LogP contribution in [0.3, 0.4) is 0 Å². The third-order valence-corrected chi connectivity index (χ3v) is 4.81. The number of benzene rings is 2. The molecular weight excluding hydrogens is 348 g/mol. The number of pyridine rings is 1. The molecule has 4 rings (SSSR count). The fourth-order valence-electron chi connectivity index (χ4n) is 3.38. The molecule has 1 aliphatic rings. The molecule has 0 unspecified atom stereocenters. The Hall–Kier alpha value is -3.37. The Morgan fingerprint density at radius 1 is 1.00 bits per heavy atom. The summed E-state index contributed by atoms with van der Waals surface area (Å²) in [7, 11) is 2.00. The third kappa shape index (κ3) is 3.55. The summed E-state index contributed by atoms with van der Waals surface area (Å²) in [6, 6.07) is 18.3. The molecule has 1 N–H and O–H groups in total. The predicted octanol–water partition coefficient (Wildman–Crippen LogP) is 4.06. The van der Waals surface area contributed by atoms with Gasteiger partial charge in [-0.1, -0.05) is 48.6 Å². The lowest BCUT2D eigenvalue weighted by atomic mass is 10.1. The number of ether oxygens (including phenoxy) is 1. The molecule has 1 aromatic heterocycles. The van der Waals surface area contributed by atoms with E-state index in [2.05, 4.69) is 28.8 Å². The van der Waals surface area contributed by atoms with Crippen LogP contribution in [0.15, 0.2) is 91.0 Å². The van der Waals surface area contributed by atoms with E-state index in [0.717, 1.165) is 33.8 Å². The average Bonchev–Trinajstić information content (AvgIpc) is 3.05. The molecule has 0 atom stereocenters. The van der Waals surface area contributed by atoms with Crippen LogP contribution in [0.1, 0.15) is 5.56 Å². The molecule has 1 aliphatic heterocycles. The SMILES string of the molecule is CN1C(=CC=CC=Cc2cc[n+](CCO)c3ccccc23)Oc2ccccc21. The first-order chi connectivity index (χ1) is 13.8. The summed E-state index contributed by atoms with van der Waals surface area (Å²) in [6.07, 6.45) is 12.1. The molecule has 0 saturated carbocycles. The van der Waals surface area contributed by atoms with Crippen molar-refractivity contribution in [2.45, 2.75) is 6.54 Å². The molecule has 2 aromatic carbocycles. The lowest BCUT2D eigenvalue weighted by Gasteiger charge is -2.09. The van der Waals surface area contributed by atoms with Gasteiger partial charge >= 0.3 is 0 Å². The molecule has 0 amide bonds. The van der Waals surface area contributed by atoms with Gasteiger partial charge in [0.1, 0.15) is 6.61 Å². The number of aliphatic hydroxyl groups excluding tert-OH is 1. The predicted molar refractivity (Wildman–Crippen MR) is 113 cm³/mol. The van der Waals surface area contributed by atoms with E-state index in [0.29, 0.717) is 6.54 Å². The average molecular weight is 371 g/mol. The highest BCUT2D eigenvalue weighted by atomic mass is 16.5. The van der Waals surface area contributed by atoms with Crippen molar-refractivity contribution in [3.63, 3.8) is 0 Å². The summed E-state index contributed by atoms with van der Waals surface area (Å²) in [5, 5.41) is 10.4. The van der Waals surface area contributed by atoms with Crippen molar-refractivity contribution in [1.82, 2.24) is 0 Å². The van der Waals surface area contributed by atoms with E-state index in [-0.39, 0.29) is 6.61 Å². The highest BCUT2D eigenvalue weighted by molar-refractivity contribution is 5.85. The van der Waals surface area contributed by atoms with Gasteiger partial charge in [0.15, 0.2) is 24.4 Å². The number of rotatable bonds is 5. The van der Waals surface area contributed by atoms with Gasteiger partial charge < -0.3 is 14.7 Å². The summed E-state index contributed by atoms with van der Waals surface area (Å²) in [5.41, 5.74) is 3.33. The van der Waals surface area contributed by atoms with Crippen LogP contribution >= 0.6 is 0 Å². The smallest absolute Gasteiger partial charge is 0.213 e. The van der Waals surface area contributed by atoms with Crippen molar-refractivity contribution in [2.75, 3.05) is 18.6 Å². The zero-order chi connectivity index (χ0) is 19.3. The Labute approximate surface area is 164 Å². The Bertz CT molecular complexity index is 1080. The summed E-state index contributed by atoms with van der Waals surface area (Å²) in [4.78, 5) is 2.04. The van der Waals surface area contributed by atoms with Gasteiger partial charge in [0.05, 0.1) is 11.1 Å². The van der Waals surface area contributed by atoms with Gasteiger partial charge in [0.25, 0.3) is 0 Å². The molecule has 2 heterocycles. The second-order valence-electron chi connectivity index (χ2n) is 6.58. The Morgan fingerprint density at radius 3 is 2.68 bits per heavy atom. The number of nitrogens with zero attached hydrogens (tertiary/aromatic N) is 2. The van der Waals surface area contributed by atoms with Crippen molar-refractivity contribution in [3.8, 4) is 5.75 Å². The van der Waals surface area contributed by atoms with Crippen LogP contribution in [-0.2, 0) is 6.54 Å². The summed E-state index contributed by atoms with van der Waals surface area (Å²) in [5.74, 6) is 1.69. The lowest BCUT2D eigenvalue weighted by Crippen LogP contribution is -2.36. The molecule has 0 saturated heterocycles. The number of para-hydroxylation sites is 3. The van der Waals surface area contributed by atoms with Gasteiger partial charge in [-0.2, -0.15) is 4.57 Å². The fourth-order valence-corrected chi connectivity index (χ4v) is 3.38. The van der Waals surface area contributed by atoms with Crippen molar-refractivity contribution in [1.29, 1.82) is 0 Å². The summed E-state index contributed by atoms with van der Waals surface area (Å²) < 4.78 is 7.93. The minimum atomic E-state index is 0.127. The molecule has 28 heavy (non-hydrogen) atoms. The molecule has 4 nitrogen and oxygen atoms in total. The molecular formula is C24H23N2O2+. The molecule has 4 heteroatoms. The van der Waals surface area contributed by atoms with Crippen LogP contribution in [0.25, 0.3) is 17.0 Å². The van der Waals surface area contributed by atoms with Crippen molar-refractivity contribution in [2.24, 2.45) is 0 Å². The zero-order valence-electron chi connectivity index (χ0n) is 15.8. The summed E-state index contributed by atoms with van der Waals surface area (Å²) >= 11 is 0. The largest absolute Gasteiger partial charge is 0.439 e. The van der Waals surface area contributed by atoms with Crippen LogP contribution in [0.2, 0.25) is 0 Å². The molecule has 0 aliphatic carbocycles. The normalized spacial score (nSPS) is 15.1. The standard InChI is InChI=1S/C24H23N2O2/c1-25-22-12-7-8-13-23(22)28-24(25)14-4-2-3-9-19-15-16-26(17-18-27)21-11-6-5-10-20(19)21/h2-16,27H,17-18H2,1H3/q+1. The van der Waals surface area contributed by atoms with E-state index in [1.165, 1.54) is 0 Å². The van der Waals surface area contributed by atoms with E-state index in [9.17, 15) is 5.11 Å². The molecule has 0 spiro atoms. The molecule has 3 aromatic rings. The van der Waals surface area contributed by atoms with E-state index in [1.807, 2.05) is 78.8 Å². The van der Waals surface area contributed by atoms with Crippen molar-refractivity contribution in [3.05, 3.63) is 96.5 Å². The second kappa shape index (κ2) is 8.11. The van der Waals surface area contributed by atoms with Crippen LogP contribution in [0, 0.1) is 0 Å². The van der Waals surface area contributed by atoms with E-state index in [4.69, 9.17) is 4.74 Å². The number of aliphatic hydroxyl groups is 1. The van der Waals surface area contributed by atoms with Crippen LogP contribution in [0.4, 0.5) is 5.69 Å². The second-order valence-corrected chi connectivity index (χ2v) is 6.58. The number of anilines is 1. The number of fused-ring (bicyclic) bond motifs is 2. The van der Waals surface area contributed by atoms with Gasteiger partial charge in [0.2, 0.25) is 5.52 Å². The van der Waals surface area contributed by atoms with Gasteiger partial charge in [-0.25, -0.2) is 0 Å². The van der Waals surface area contributed by atoms with Gasteiger partial charge in [-0.15, -0.1) is 0 Å². The Kier molecular flexibility index (Phi) is 5.22. The van der Waals surface area contributed by atoms with E-state index >= 15 is 0 Å². The maximum atomic E-state index is 9.25. The number of hydrogen-bond acceptors (Lipinski definition) is 3. The monoisotopic (exact) mass is 371 g/mol. The minimum Gasteiger partial charge on any atom is -0.439 e. The topological polar surface area (TPSA) is 36.6 Å². The first kappa shape index (κ1) is 18.0. The van der Waals surface area contributed by atoms with Crippen LogP contribution in [-0.4, -0.2) is 18.8 Å². The van der Waals surface area contributed by atoms with E-state index in [1.54, 1.807) is 0 Å². The van der Waals surface area contributed by atoms with Crippen molar-refractivity contribution < 1.29 is 14.4 Å². The first-order valence-corrected chi connectivity index (χ1v) is 9.35.